The van der Waals surface area contributed by atoms with Gasteiger partial charge in [-0.1, -0.05) is 48.5 Å². The second-order valence-corrected chi connectivity index (χ2v) is 6.77. The fourth-order valence-corrected chi connectivity index (χ4v) is 3.43. The number of amides is 3. The van der Waals surface area contributed by atoms with Gasteiger partial charge in [0.1, 0.15) is 12.3 Å². The maximum Gasteiger partial charge on any atom is 0.319 e. The van der Waals surface area contributed by atoms with Gasteiger partial charge in [-0.25, -0.2) is 4.79 Å². The number of nitrogens with one attached hydrogen (secondary N) is 2. The van der Waals surface area contributed by atoms with Crippen molar-refractivity contribution >= 4 is 22.7 Å². The summed E-state index contributed by atoms with van der Waals surface area (Å²) >= 11 is 0. The van der Waals surface area contributed by atoms with Crippen molar-refractivity contribution in [1.82, 2.24) is 5.32 Å². The van der Waals surface area contributed by atoms with E-state index in [1.807, 2.05) is 67.7 Å². The third-order valence-corrected chi connectivity index (χ3v) is 4.73. The Bertz CT molecular complexity index is 989. The van der Waals surface area contributed by atoms with E-state index in [9.17, 15) is 9.59 Å². The third-order valence-electron chi connectivity index (χ3n) is 4.73. The highest BCUT2D eigenvalue weighted by atomic mass is 16.5. The second-order valence-electron chi connectivity index (χ2n) is 6.77. The Morgan fingerprint density at radius 2 is 1.71 bits per heavy atom. The highest BCUT2D eigenvalue weighted by molar-refractivity contribution is 5.96. The minimum Gasteiger partial charge on any atom is -0.497 e. The molecule has 3 rings (SSSR count). The fraction of sp³-hybridized carbons (Fsp3) is 0.182. The molecule has 28 heavy (non-hydrogen) atoms. The molecule has 0 heterocycles. The highest BCUT2D eigenvalue weighted by Crippen LogP contribution is 2.22. The molecule has 0 spiro atoms. The highest BCUT2D eigenvalue weighted by Gasteiger charge is 2.30. The summed E-state index contributed by atoms with van der Waals surface area (Å²) in [6.45, 7) is 0.605. The molecule has 3 amide bonds. The van der Waals surface area contributed by atoms with Crippen LogP contribution in [0.1, 0.15) is 17.2 Å². The van der Waals surface area contributed by atoms with Gasteiger partial charge in [-0.3, -0.25) is 10.1 Å². The maximum absolute atomic E-state index is 12.6. The van der Waals surface area contributed by atoms with Gasteiger partial charge in [-0.05, 0) is 29.0 Å². The average Bonchev–Trinajstić information content (AvgIpc) is 2.68. The van der Waals surface area contributed by atoms with E-state index in [0.29, 0.717) is 6.54 Å². The Morgan fingerprint density at radius 1 is 1.04 bits per heavy atom. The van der Waals surface area contributed by atoms with Crippen LogP contribution < -0.4 is 20.7 Å². The number of methoxy groups -OCH3 is 1. The summed E-state index contributed by atoms with van der Waals surface area (Å²) in [6, 6.07) is 20.1. The Labute approximate surface area is 163 Å². The molecule has 0 aliphatic rings. The van der Waals surface area contributed by atoms with E-state index in [2.05, 4.69) is 11.4 Å². The number of carbonyl (C=O) groups is 2. The van der Waals surface area contributed by atoms with Crippen molar-refractivity contribution in [3.8, 4) is 5.75 Å². The van der Waals surface area contributed by atoms with Gasteiger partial charge in [0.05, 0.1) is 14.2 Å². The van der Waals surface area contributed by atoms with Crippen LogP contribution in [-0.2, 0) is 11.3 Å². The quantitative estimate of drug-likeness (QED) is 0.611. The summed E-state index contributed by atoms with van der Waals surface area (Å²) < 4.78 is 5.27. The van der Waals surface area contributed by atoms with E-state index in [1.54, 1.807) is 7.11 Å². The van der Waals surface area contributed by atoms with Crippen molar-refractivity contribution < 1.29 is 19.2 Å². The molecule has 0 radical (unpaired) electrons. The summed E-state index contributed by atoms with van der Waals surface area (Å²) in [7, 11) is 3.57. The van der Waals surface area contributed by atoms with Gasteiger partial charge in [-0.15, -0.1) is 0 Å². The smallest absolute Gasteiger partial charge is 0.319 e. The Kier molecular flexibility index (Phi) is 5.91. The van der Waals surface area contributed by atoms with Gasteiger partial charge < -0.3 is 15.4 Å². The minimum absolute atomic E-state index is 0.415. The molecule has 3 aromatic rings. The first-order valence-corrected chi connectivity index (χ1v) is 9.02. The summed E-state index contributed by atoms with van der Waals surface area (Å²) in [4.78, 5) is 24.7. The number of imide groups is 1. The number of likely N-dealkylation sites (N-methyl/N-ethyl adjacent to an activating group) is 1. The van der Waals surface area contributed by atoms with Crippen molar-refractivity contribution in [3.05, 3.63) is 77.9 Å². The molecule has 1 unspecified atom stereocenters. The Hall–Kier alpha value is -3.38. The topological polar surface area (TPSA) is 85.9 Å². The molecule has 0 aromatic heterocycles. The number of benzene rings is 3. The molecule has 3 aromatic carbocycles. The lowest BCUT2D eigenvalue weighted by atomic mass is 10.0. The van der Waals surface area contributed by atoms with Gasteiger partial charge in [0.25, 0.3) is 5.91 Å². The summed E-state index contributed by atoms with van der Waals surface area (Å²) in [6.07, 6.45) is 0. The van der Waals surface area contributed by atoms with Gasteiger partial charge in [-0.2, -0.15) is 0 Å². The van der Waals surface area contributed by atoms with E-state index in [0.717, 1.165) is 32.5 Å². The monoisotopic (exact) mass is 378 g/mol. The third kappa shape index (κ3) is 4.47. The predicted molar refractivity (Wildman–Crippen MR) is 108 cm³/mol. The van der Waals surface area contributed by atoms with E-state index in [4.69, 9.17) is 10.5 Å². The van der Waals surface area contributed by atoms with Gasteiger partial charge in [0, 0.05) is 11.1 Å². The van der Waals surface area contributed by atoms with Crippen molar-refractivity contribution in [1.29, 1.82) is 0 Å². The van der Waals surface area contributed by atoms with E-state index < -0.39 is 18.0 Å². The van der Waals surface area contributed by atoms with Crippen LogP contribution in [0.3, 0.4) is 0 Å². The van der Waals surface area contributed by atoms with Crippen LogP contribution >= 0.6 is 0 Å². The van der Waals surface area contributed by atoms with Crippen molar-refractivity contribution in [2.45, 2.75) is 12.6 Å². The van der Waals surface area contributed by atoms with Crippen molar-refractivity contribution in [2.75, 3.05) is 14.2 Å². The molecular formula is C22H24N3O3+. The van der Waals surface area contributed by atoms with Gasteiger partial charge in [0.15, 0.2) is 6.04 Å². The number of primary amides is 1. The number of rotatable bonds is 6. The van der Waals surface area contributed by atoms with Crippen molar-refractivity contribution in [2.24, 2.45) is 5.73 Å². The lowest BCUT2D eigenvalue weighted by Crippen LogP contribution is -3.09. The van der Waals surface area contributed by atoms with Crippen LogP contribution in [0, 0.1) is 0 Å². The van der Waals surface area contributed by atoms with Crippen LogP contribution in [0.2, 0.25) is 0 Å². The molecule has 6 heteroatoms. The zero-order valence-corrected chi connectivity index (χ0v) is 15.9. The Morgan fingerprint density at radius 3 is 2.39 bits per heavy atom. The molecular weight excluding hydrogens is 354 g/mol. The number of quaternary nitrogens is 1. The molecule has 144 valence electrons. The normalized spacial score (nSPS) is 12.9. The van der Waals surface area contributed by atoms with Crippen LogP contribution in [-0.4, -0.2) is 26.1 Å². The molecule has 0 fully saturated rings. The zero-order valence-electron chi connectivity index (χ0n) is 15.9. The first kappa shape index (κ1) is 19.4. The van der Waals surface area contributed by atoms with Crippen LogP contribution in [0.5, 0.6) is 5.75 Å². The molecule has 0 saturated carbocycles. The molecule has 6 nitrogen and oxygen atoms in total. The number of urea groups is 1. The molecule has 2 atom stereocenters. The van der Waals surface area contributed by atoms with E-state index in [-0.39, 0.29) is 0 Å². The molecule has 0 saturated heterocycles. The SMILES string of the molecule is COc1ccc2cc(C[NH+](C)[C@H](C(=O)NC(N)=O)c3ccccc3)ccc2c1. The van der Waals surface area contributed by atoms with Crippen LogP contribution in [0.15, 0.2) is 66.7 Å². The van der Waals surface area contributed by atoms with E-state index in [1.165, 1.54) is 0 Å². The lowest BCUT2D eigenvalue weighted by Gasteiger charge is -2.24. The summed E-state index contributed by atoms with van der Waals surface area (Å²) in [5.74, 6) is 0.400. The Balaban J connectivity index is 1.86. The van der Waals surface area contributed by atoms with E-state index >= 15 is 0 Å². The van der Waals surface area contributed by atoms with Crippen molar-refractivity contribution in [3.63, 3.8) is 0 Å². The first-order chi connectivity index (χ1) is 13.5. The van der Waals surface area contributed by atoms with Gasteiger partial charge in [0.2, 0.25) is 0 Å². The molecule has 0 bridgehead atoms. The van der Waals surface area contributed by atoms with Crippen LogP contribution in [0.25, 0.3) is 10.8 Å². The molecule has 0 aliphatic carbocycles. The minimum atomic E-state index is -0.849. The number of fused-ring (bicyclic) bond motifs is 1. The first-order valence-electron chi connectivity index (χ1n) is 9.02. The number of carbonyl (C=O) groups excluding carboxylic acids is 2. The lowest BCUT2D eigenvalue weighted by molar-refractivity contribution is -0.916. The summed E-state index contributed by atoms with van der Waals surface area (Å²) in [5.41, 5.74) is 7.07. The molecule has 4 N–H and O–H groups in total. The second kappa shape index (κ2) is 8.54. The number of hydrogen-bond acceptors (Lipinski definition) is 3. The molecule has 0 aliphatic heterocycles. The number of ether oxygens (including phenoxy) is 1. The fourth-order valence-electron chi connectivity index (χ4n) is 3.43. The number of nitrogens with two attached hydrogens (primary N) is 1. The standard InChI is InChI=1S/C22H23N3O3/c1-25(20(21(26)24-22(23)27)16-6-4-3-5-7-16)14-15-8-9-18-13-19(28-2)11-10-17(18)12-15/h3-13,20H,14H2,1-2H3,(H3,23,24,26,27)/p+1/t20-/m0/s1. The zero-order chi connectivity index (χ0) is 20.1. The van der Waals surface area contributed by atoms with Crippen LogP contribution in [0.4, 0.5) is 4.79 Å². The number of hydrogen-bond donors (Lipinski definition) is 3. The summed E-state index contributed by atoms with van der Waals surface area (Å²) in [5, 5.41) is 4.41. The maximum atomic E-state index is 12.6. The largest absolute Gasteiger partial charge is 0.497 e. The average molecular weight is 378 g/mol. The predicted octanol–water partition coefficient (Wildman–Crippen LogP) is 1.80. The van der Waals surface area contributed by atoms with Gasteiger partial charge >= 0.3 is 6.03 Å².